The average Bonchev–Trinajstić information content (AvgIpc) is 2.76. The number of ketones is 1. The number of carbonyl (C=O) groups excluding carboxylic acids is 1. The molecular weight excluding hydrogens is 444 g/mol. The highest BCUT2D eigenvalue weighted by molar-refractivity contribution is 7.63. The molecule has 0 spiro atoms. The number of halogens is 1. The molecule has 2 aromatic carbocycles. The molecular formula is C25H25FNO5P. The van der Waals surface area contributed by atoms with Gasteiger partial charge in [-0.3, -0.25) is 19.1 Å². The molecule has 8 heteroatoms. The Labute approximate surface area is 191 Å². The van der Waals surface area contributed by atoms with E-state index >= 15 is 0 Å². The lowest BCUT2D eigenvalue weighted by Crippen LogP contribution is -2.11. The maximum atomic E-state index is 13.6. The van der Waals surface area contributed by atoms with Gasteiger partial charge in [-0.2, -0.15) is 0 Å². The van der Waals surface area contributed by atoms with E-state index in [4.69, 9.17) is 14.6 Å². The van der Waals surface area contributed by atoms with E-state index < -0.39 is 31.7 Å². The summed E-state index contributed by atoms with van der Waals surface area (Å²) < 4.78 is 32.0. The smallest absolute Gasteiger partial charge is 0.310 e. The van der Waals surface area contributed by atoms with Gasteiger partial charge >= 0.3 is 5.97 Å². The minimum Gasteiger partial charge on any atom is -0.481 e. The number of nitrogens with zero attached hydrogens (tertiary/aromatic N) is 1. The van der Waals surface area contributed by atoms with Gasteiger partial charge in [-0.25, -0.2) is 4.39 Å². The molecule has 0 fully saturated rings. The summed E-state index contributed by atoms with van der Waals surface area (Å²) in [4.78, 5) is 27.6. The summed E-state index contributed by atoms with van der Waals surface area (Å²) in [6, 6.07) is 13.7. The molecule has 0 saturated carbocycles. The summed E-state index contributed by atoms with van der Waals surface area (Å²) in [5.41, 5.74) is 3.73. The van der Waals surface area contributed by atoms with E-state index in [0.717, 1.165) is 27.7 Å². The number of rotatable bonds is 9. The summed E-state index contributed by atoms with van der Waals surface area (Å²) in [7, 11) is -2.36. The Balaban J connectivity index is 2.22. The molecule has 172 valence electrons. The first-order valence-electron chi connectivity index (χ1n) is 10.4. The van der Waals surface area contributed by atoms with Gasteiger partial charge in [-0.15, -0.1) is 0 Å². The van der Waals surface area contributed by atoms with Crippen molar-refractivity contribution >= 4 is 36.1 Å². The van der Waals surface area contributed by atoms with E-state index in [2.05, 4.69) is 0 Å². The van der Waals surface area contributed by atoms with E-state index in [9.17, 15) is 18.5 Å². The maximum absolute atomic E-state index is 13.6. The van der Waals surface area contributed by atoms with Crippen LogP contribution in [0.1, 0.15) is 37.4 Å². The van der Waals surface area contributed by atoms with Gasteiger partial charge in [0, 0.05) is 29.4 Å². The van der Waals surface area contributed by atoms with Gasteiger partial charge < -0.3 is 9.63 Å². The Morgan fingerprint density at radius 1 is 1.15 bits per heavy atom. The number of aliphatic carboxylic acids is 1. The standard InChI is InChI=1S/C25H25FNO5P/c1-16(2)25-21(12-13-33(31,32-3)15-19(28)14-23(29)30)24(17-8-10-18(26)11-9-17)20-6-4-5-7-22(20)27-25/h4-13,16H,14-15H2,1-3H3,(H,29,30). The second-order valence-electron chi connectivity index (χ2n) is 7.96. The maximum Gasteiger partial charge on any atom is 0.310 e. The topological polar surface area (TPSA) is 93.6 Å². The van der Waals surface area contributed by atoms with Gasteiger partial charge in [0.05, 0.1) is 17.4 Å². The van der Waals surface area contributed by atoms with Crippen molar-refractivity contribution in [2.75, 3.05) is 13.3 Å². The molecule has 6 nitrogen and oxygen atoms in total. The first-order valence-corrected chi connectivity index (χ1v) is 12.3. The van der Waals surface area contributed by atoms with Crippen molar-refractivity contribution in [3.63, 3.8) is 0 Å². The van der Waals surface area contributed by atoms with E-state index in [1.807, 2.05) is 38.1 Å². The van der Waals surface area contributed by atoms with Crippen LogP contribution < -0.4 is 0 Å². The monoisotopic (exact) mass is 469 g/mol. The molecule has 0 aliphatic heterocycles. The van der Waals surface area contributed by atoms with Crippen LogP contribution in [0.25, 0.3) is 28.1 Å². The van der Waals surface area contributed by atoms with Crippen molar-refractivity contribution in [1.82, 2.24) is 4.98 Å². The van der Waals surface area contributed by atoms with Crippen molar-refractivity contribution in [3.8, 4) is 11.1 Å². The normalized spacial score (nSPS) is 13.5. The number of fused-ring (bicyclic) bond motifs is 1. The number of carbonyl (C=O) groups is 2. The Morgan fingerprint density at radius 2 is 1.82 bits per heavy atom. The lowest BCUT2D eigenvalue weighted by Gasteiger charge is -2.18. The first-order chi connectivity index (χ1) is 15.6. The number of hydrogen-bond donors (Lipinski definition) is 1. The van der Waals surface area contributed by atoms with Gasteiger partial charge in [-0.1, -0.05) is 44.2 Å². The van der Waals surface area contributed by atoms with Crippen LogP contribution in [0, 0.1) is 5.82 Å². The fraction of sp³-hybridized carbons (Fsp3) is 0.240. The molecule has 1 atom stereocenters. The molecule has 0 amide bonds. The summed E-state index contributed by atoms with van der Waals surface area (Å²) >= 11 is 0. The van der Waals surface area contributed by atoms with Crippen molar-refractivity contribution < 1.29 is 28.2 Å². The molecule has 1 heterocycles. The van der Waals surface area contributed by atoms with E-state index in [0.29, 0.717) is 5.56 Å². The van der Waals surface area contributed by atoms with Crippen LogP contribution in [0.5, 0.6) is 0 Å². The molecule has 1 N–H and O–H groups in total. The number of aromatic nitrogens is 1. The predicted molar refractivity (Wildman–Crippen MR) is 127 cm³/mol. The molecule has 0 bridgehead atoms. The van der Waals surface area contributed by atoms with Gasteiger partial charge in [0.15, 0.2) is 5.78 Å². The lowest BCUT2D eigenvalue weighted by molar-refractivity contribution is -0.139. The Morgan fingerprint density at radius 3 is 2.42 bits per heavy atom. The fourth-order valence-electron chi connectivity index (χ4n) is 3.62. The highest BCUT2D eigenvalue weighted by Gasteiger charge is 2.25. The van der Waals surface area contributed by atoms with Gasteiger partial charge in [0.1, 0.15) is 12.2 Å². The quantitative estimate of drug-likeness (QED) is 0.301. The largest absolute Gasteiger partial charge is 0.481 e. The van der Waals surface area contributed by atoms with E-state index in [1.54, 1.807) is 18.2 Å². The third-order valence-electron chi connectivity index (χ3n) is 5.16. The average molecular weight is 469 g/mol. The molecule has 1 aromatic heterocycles. The Bertz CT molecular complexity index is 1270. The summed E-state index contributed by atoms with van der Waals surface area (Å²) in [6.45, 7) is 3.96. The number of para-hydroxylation sites is 1. The number of carboxylic acids is 1. The molecule has 0 saturated heterocycles. The minimum absolute atomic E-state index is 0.00373. The lowest BCUT2D eigenvalue weighted by atomic mass is 9.91. The Hall–Kier alpha value is -3.15. The highest BCUT2D eigenvalue weighted by Crippen LogP contribution is 2.49. The molecule has 33 heavy (non-hydrogen) atoms. The van der Waals surface area contributed by atoms with Crippen LogP contribution in [0.2, 0.25) is 0 Å². The third-order valence-corrected chi connectivity index (χ3v) is 7.18. The third kappa shape index (κ3) is 5.81. The highest BCUT2D eigenvalue weighted by atomic mass is 31.2. The number of benzene rings is 2. The summed E-state index contributed by atoms with van der Waals surface area (Å²) in [5.74, 6) is -0.997. The van der Waals surface area contributed by atoms with Crippen LogP contribution in [-0.2, 0) is 18.7 Å². The SMILES string of the molecule is COP(=O)(C=Cc1c(C(C)C)nc2ccccc2c1-c1ccc(F)cc1)CC(=O)CC(=O)O. The number of pyridine rings is 1. The van der Waals surface area contributed by atoms with E-state index in [1.165, 1.54) is 25.1 Å². The zero-order valence-corrected chi connectivity index (χ0v) is 19.5. The van der Waals surface area contributed by atoms with Crippen LogP contribution in [0.15, 0.2) is 54.3 Å². The molecule has 0 aliphatic rings. The molecule has 0 aliphatic carbocycles. The molecule has 1 unspecified atom stereocenters. The van der Waals surface area contributed by atoms with Crippen LogP contribution in [0.3, 0.4) is 0 Å². The zero-order valence-electron chi connectivity index (χ0n) is 18.6. The molecule has 3 aromatic rings. The van der Waals surface area contributed by atoms with Gasteiger partial charge in [-0.05, 0) is 35.8 Å². The predicted octanol–water partition coefficient (Wildman–Crippen LogP) is 6.10. The zero-order chi connectivity index (χ0) is 24.2. The Kier molecular flexibility index (Phi) is 7.57. The van der Waals surface area contributed by atoms with Gasteiger partial charge in [0.25, 0.3) is 0 Å². The molecule has 0 radical (unpaired) electrons. The van der Waals surface area contributed by atoms with Crippen LogP contribution in [-0.4, -0.2) is 35.1 Å². The first kappa shape index (κ1) is 24.5. The van der Waals surface area contributed by atoms with Crippen LogP contribution >= 0.6 is 7.37 Å². The van der Waals surface area contributed by atoms with Crippen LogP contribution in [0.4, 0.5) is 4.39 Å². The minimum atomic E-state index is -3.59. The van der Waals surface area contributed by atoms with Gasteiger partial charge in [0.2, 0.25) is 7.37 Å². The van der Waals surface area contributed by atoms with Crippen molar-refractivity contribution in [3.05, 3.63) is 71.4 Å². The number of Topliss-reactive ketones (excluding diaryl/α,β-unsaturated/α-hetero) is 1. The molecule has 3 rings (SSSR count). The number of hydrogen-bond acceptors (Lipinski definition) is 5. The second kappa shape index (κ2) is 10.2. The second-order valence-corrected chi connectivity index (χ2v) is 10.4. The van der Waals surface area contributed by atoms with Crippen molar-refractivity contribution in [1.29, 1.82) is 0 Å². The van der Waals surface area contributed by atoms with Crippen molar-refractivity contribution in [2.24, 2.45) is 0 Å². The van der Waals surface area contributed by atoms with E-state index in [-0.39, 0.29) is 11.7 Å². The summed E-state index contributed by atoms with van der Waals surface area (Å²) in [5, 5.41) is 9.67. The summed E-state index contributed by atoms with van der Waals surface area (Å²) in [6.07, 6.45) is 0.374. The van der Waals surface area contributed by atoms with Crippen molar-refractivity contribution in [2.45, 2.75) is 26.2 Å². The number of carboxylic acid groups (broad SMARTS) is 1. The fourth-order valence-corrected chi connectivity index (χ4v) is 4.95.